The summed E-state index contributed by atoms with van der Waals surface area (Å²) in [5, 5.41) is 7.50. The SMILES string of the molecule is CO/N=C\c1ccccc1CO/N=C/C#Cc1ccc(F)cc1. The third-order valence-electron chi connectivity index (χ3n) is 2.82. The molecule has 0 heterocycles. The Morgan fingerprint density at radius 2 is 1.87 bits per heavy atom. The lowest BCUT2D eigenvalue weighted by atomic mass is 10.1. The zero-order valence-corrected chi connectivity index (χ0v) is 12.6. The van der Waals surface area contributed by atoms with Gasteiger partial charge in [0.05, 0.1) is 6.21 Å². The maximum absolute atomic E-state index is 12.7. The van der Waals surface area contributed by atoms with Crippen LogP contribution in [0, 0.1) is 17.7 Å². The monoisotopic (exact) mass is 310 g/mol. The Morgan fingerprint density at radius 1 is 1.09 bits per heavy atom. The van der Waals surface area contributed by atoms with Gasteiger partial charge in [-0.25, -0.2) is 4.39 Å². The summed E-state index contributed by atoms with van der Waals surface area (Å²) in [5.41, 5.74) is 2.53. The average Bonchev–Trinajstić information content (AvgIpc) is 2.58. The predicted octanol–water partition coefficient (Wildman–Crippen LogP) is 3.36. The van der Waals surface area contributed by atoms with E-state index in [2.05, 4.69) is 27.0 Å². The molecule has 0 saturated heterocycles. The van der Waals surface area contributed by atoms with Gasteiger partial charge >= 0.3 is 0 Å². The average molecular weight is 310 g/mol. The summed E-state index contributed by atoms with van der Waals surface area (Å²) in [5.74, 6) is 5.26. The number of rotatable bonds is 5. The standard InChI is InChI=1S/C18H15FN2O2/c1-22-21-13-16-6-2-3-7-17(16)14-23-20-12-4-5-15-8-10-18(19)11-9-15/h2-3,6-13H,14H2,1H3/b20-12+,21-13-. The molecule has 0 amide bonds. The summed E-state index contributed by atoms with van der Waals surface area (Å²) >= 11 is 0. The second kappa shape index (κ2) is 9.00. The highest BCUT2D eigenvalue weighted by Gasteiger charge is 1.99. The van der Waals surface area contributed by atoms with Crippen molar-refractivity contribution in [2.75, 3.05) is 7.11 Å². The molecule has 0 aliphatic heterocycles. The molecular formula is C18H15FN2O2. The second-order valence-electron chi connectivity index (χ2n) is 4.40. The zero-order chi connectivity index (χ0) is 16.3. The Hall–Kier alpha value is -3.13. The van der Waals surface area contributed by atoms with E-state index in [1.54, 1.807) is 18.3 Å². The summed E-state index contributed by atoms with van der Waals surface area (Å²) in [6, 6.07) is 13.5. The molecule has 23 heavy (non-hydrogen) atoms. The van der Waals surface area contributed by atoms with E-state index in [1.807, 2.05) is 24.3 Å². The molecule has 2 aromatic carbocycles. The van der Waals surface area contributed by atoms with Gasteiger partial charge in [-0.15, -0.1) is 0 Å². The van der Waals surface area contributed by atoms with Gasteiger partial charge in [0.15, 0.2) is 0 Å². The fourth-order valence-electron chi connectivity index (χ4n) is 1.72. The van der Waals surface area contributed by atoms with Crippen LogP contribution >= 0.6 is 0 Å². The Morgan fingerprint density at radius 3 is 2.65 bits per heavy atom. The zero-order valence-electron chi connectivity index (χ0n) is 12.6. The molecule has 0 N–H and O–H groups in total. The van der Waals surface area contributed by atoms with E-state index >= 15 is 0 Å². The maximum atomic E-state index is 12.7. The van der Waals surface area contributed by atoms with Crippen molar-refractivity contribution in [3.8, 4) is 11.8 Å². The summed E-state index contributed by atoms with van der Waals surface area (Å²) in [6.45, 7) is 0.292. The molecule has 0 bridgehead atoms. The highest BCUT2D eigenvalue weighted by Crippen LogP contribution is 2.08. The number of hydrogen-bond donors (Lipinski definition) is 0. The largest absolute Gasteiger partial charge is 0.399 e. The number of nitrogens with zero attached hydrogens (tertiary/aromatic N) is 2. The Bertz CT molecular complexity index is 744. The van der Waals surface area contributed by atoms with Crippen LogP contribution in [0.25, 0.3) is 0 Å². The molecule has 0 saturated carbocycles. The fourth-order valence-corrected chi connectivity index (χ4v) is 1.72. The van der Waals surface area contributed by atoms with Crippen molar-refractivity contribution in [1.82, 2.24) is 0 Å². The summed E-state index contributed by atoms with van der Waals surface area (Å²) in [4.78, 5) is 9.87. The van der Waals surface area contributed by atoms with E-state index in [1.165, 1.54) is 25.5 Å². The molecule has 0 atom stereocenters. The molecule has 2 aromatic rings. The Kier molecular flexibility index (Phi) is 6.36. The van der Waals surface area contributed by atoms with E-state index < -0.39 is 0 Å². The van der Waals surface area contributed by atoms with Gasteiger partial charge in [0.25, 0.3) is 0 Å². The van der Waals surface area contributed by atoms with Crippen LogP contribution in [-0.4, -0.2) is 19.5 Å². The van der Waals surface area contributed by atoms with Gasteiger partial charge in [0.2, 0.25) is 0 Å². The van der Waals surface area contributed by atoms with E-state index in [-0.39, 0.29) is 5.82 Å². The first-order chi connectivity index (χ1) is 11.3. The van der Waals surface area contributed by atoms with Crippen molar-refractivity contribution in [1.29, 1.82) is 0 Å². The highest BCUT2D eigenvalue weighted by atomic mass is 19.1. The van der Waals surface area contributed by atoms with Gasteiger partial charge in [-0.3, -0.25) is 0 Å². The first kappa shape index (κ1) is 16.2. The molecule has 2 rings (SSSR count). The number of halogens is 1. The van der Waals surface area contributed by atoms with Crippen LogP contribution in [0.5, 0.6) is 0 Å². The van der Waals surface area contributed by atoms with Crippen LogP contribution in [-0.2, 0) is 16.3 Å². The lowest BCUT2D eigenvalue weighted by Crippen LogP contribution is -1.94. The second-order valence-corrected chi connectivity index (χ2v) is 4.40. The number of oxime groups is 2. The van der Waals surface area contributed by atoms with Crippen molar-refractivity contribution in [2.24, 2.45) is 10.3 Å². The minimum Gasteiger partial charge on any atom is -0.399 e. The first-order valence-corrected chi connectivity index (χ1v) is 6.85. The van der Waals surface area contributed by atoms with E-state index in [9.17, 15) is 4.39 Å². The van der Waals surface area contributed by atoms with Crippen molar-refractivity contribution >= 4 is 12.4 Å². The number of hydrogen-bond acceptors (Lipinski definition) is 4. The normalized spacial score (nSPS) is 10.5. The van der Waals surface area contributed by atoms with Gasteiger partial charge in [-0.2, -0.15) is 0 Å². The summed E-state index contributed by atoms with van der Waals surface area (Å²) in [7, 11) is 1.49. The Labute approximate surface area is 134 Å². The maximum Gasteiger partial charge on any atom is 0.142 e. The Balaban J connectivity index is 1.88. The molecule has 5 heteroatoms. The van der Waals surface area contributed by atoms with E-state index in [0.717, 1.165) is 11.1 Å². The topological polar surface area (TPSA) is 43.2 Å². The van der Waals surface area contributed by atoms with Gasteiger partial charge in [-0.1, -0.05) is 40.5 Å². The van der Waals surface area contributed by atoms with Crippen molar-refractivity contribution < 1.29 is 14.1 Å². The third kappa shape index (κ3) is 5.64. The van der Waals surface area contributed by atoms with Crippen molar-refractivity contribution in [2.45, 2.75) is 6.61 Å². The fraction of sp³-hybridized carbons (Fsp3) is 0.111. The quantitative estimate of drug-likeness (QED) is 0.483. The van der Waals surface area contributed by atoms with Crippen LogP contribution in [0.1, 0.15) is 16.7 Å². The predicted molar refractivity (Wildman–Crippen MR) is 87.6 cm³/mol. The van der Waals surface area contributed by atoms with Crippen LogP contribution in [0.4, 0.5) is 4.39 Å². The molecule has 0 aromatic heterocycles. The number of benzene rings is 2. The molecular weight excluding hydrogens is 295 g/mol. The molecule has 0 aliphatic rings. The van der Waals surface area contributed by atoms with Gasteiger partial charge in [0.1, 0.15) is 25.7 Å². The molecule has 4 nitrogen and oxygen atoms in total. The van der Waals surface area contributed by atoms with Gasteiger partial charge < -0.3 is 9.68 Å². The summed E-state index contributed by atoms with van der Waals surface area (Å²) < 4.78 is 12.7. The van der Waals surface area contributed by atoms with Gasteiger partial charge in [0, 0.05) is 16.7 Å². The molecule has 0 fully saturated rings. The minimum atomic E-state index is -0.289. The smallest absolute Gasteiger partial charge is 0.142 e. The van der Waals surface area contributed by atoms with Crippen LogP contribution in [0.15, 0.2) is 58.8 Å². The highest BCUT2D eigenvalue weighted by molar-refractivity contribution is 5.81. The summed E-state index contributed by atoms with van der Waals surface area (Å²) in [6.07, 6.45) is 2.96. The molecule has 0 radical (unpaired) electrons. The molecule has 116 valence electrons. The van der Waals surface area contributed by atoms with Gasteiger partial charge in [-0.05, 0) is 30.2 Å². The molecule has 0 aliphatic carbocycles. The van der Waals surface area contributed by atoms with Crippen molar-refractivity contribution in [3.63, 3.8) is 0 Å². The minimum absolute atomic E-state index is 0.289. The lowest BCUT2D eigenvalue weighted by Gasteiger charge is -2.03. The van der Waals surface area contributed by atoms with Crippen LogP contribution < -0.4 is 0 Å². The molecule has 0 unspecified atom stereocenters. The first-order valence-electron chi connectivity index (χ1n) is 6.85. The lowest BCUT2D eigenvalue weighted by molar-refractivity contribution is 0.132. The van der Waals surface area contributed by atoms with E-state index in [4.69, 9.17) is 4.84 Å². The molecule has 0 spiro atoms. The van der Waals surface area contributed by atoms with Crippen LogP contribution in [0.2, 0.25) is 0 Å². The van der Waals surface area contributed by atoms with Crippen molar-refractivity contribution in [3.05, 3.63) is 71.0 Å². The third-order valence-corrected chi connectivity index (χ3v) is 2.82. The van der Waals surface area contributed by atoms with E-state index in [0.29, 0.717) is 12.2 Å². The van der Waals surface area contributed by atoms with Crippen LogP contribution in [0.3, 0.4) is 0 Å².